The summed E-state index contributed by atoms with van der Waals surface area (Å²) in [7, 11) is 1.79. The van der Waals surface area contributed by atoms with Gasteiger partial charge in [-0.3, -0.25) is 4.90 Å². The van der Waals surface area contributed by atoms with Crippen LogP contribution in [0.5, 0.6) is 5.75 Å². The molecule has 2 atom stereocenters. The van der Waals surface area contributed by atoms with Crippen LogP contribution in [0.1, 0.15) is 31.4 Å². The summed E-state index contributed by atoms with van der Waals surface area (Å²) in [6.07, 6.45) is 2.64. The molecule has 2 N–H and O–H groups in total. The van der Waals surface area contributed by atoms with Gasteiger partial charge in [0.05, 0.1) is 12.7 Å². The van der Waals surface area contributed by atoms with Crippen molar-refractivity contribution in [2.75, 3.05) is 33.4 Å². The number of benzene rings is 1. The van der Waals surface area contributed by atoms with E-state index in [0.717, 1.165) is 25.3 Å². The molecule has 2 unspecified atom stereocenters. The lowest BCUT2D eigenvalue weighted by Gasteiger charge is -2.37. The predicted octanol–water partition coefficient (Wildman–Crippen LogP) is 2.20. The molecular formula is C16H26N2O2. The molecule has 1 aromatic rings. The van der Waals surface area contributed by atoms with Gasteiger partial charge in [0, 0.05) is 26.2 Å². The van der Waals surface area contributed by atoms with Gasteiger partial charge in [-0.1, -0.05) is 12.1 Å². The summed E-state index contributed by atoms with van der Waals surface area (Å²) in [4.78, 5) is 2.43. The number of nitrogens with two attached hydrogens (primary N) is 1. The molecule has 1 fully saturated rings. The molecule has 0 amide bonds. The van der Waals surface area contributed by atoms with Crippen LogP contribution in [0, 0.1) is 0 Å². The second-order valence-electron chi connectivity index (χ2n) is 5.25. The van der Waals surface area contributed by atoms with Crippen LogP contribution in [0.3, 0.4) is 0 Å². The Labute approximate surface area is 121 Å². The average molecular weight is 278 g/mol. The van der Waals surface area contributed by atoms with E-state index in [4.69, 9.17) is 15.2 Å². The number of hydrogen-bond acceptors (Lipinski definition) is 4. The zero-order valence-electron chi connectivity index (χ0n) is 12.5. The topological polar surface area (TPSA) is 47.7 Å². The maximum atomic E-state index is 6.02. The minimum absolute atomic E-state index is 0.244. The zero-order chi connectivity index (χ0) is 14.4. The van der Waals surface area contributed by atoms with Gasteiger partial charge in [0.1, 0.15) is 5.75 Å². The minimum Gasteiger partial charge on any atom is -0.494 e. The van der Waals surface area contributed by atoms with Gasteiger partial charge in [0.15, 0.2) is 0 Å². The van der Waals surface area contributed by atoms with Crippen LogP contribution in [-0.2, 0) is 4.74 Å². The van der Waals surface area contributed by atoms with Gasteiger partial charge >= 0.3 is 0 Å². The first-order valence-electron chi connectivity index (χ1n) is 7.48. The standard InChI is InChI=1S/C16H26N2O2/c1-3-20-14-7-4-6-13(10-14)16(11-17)18-9-5-8-15(12-18)19-2/h4,6-7,10,15-16H,3,5,8-9,11-12,17H2,1-2H3. The molecule has 0 spiro atoms. The van der Waals surface area contributed by atoms with Crippen molar-refractivity contribution in [1.29, 1.82) is 0 Å². The first-order valence-corrected chi connectivity index (χ1v) is 7.48. The van der Waals surface area contributed by atoms with Crippen LogP contribution < -0.4 is 10.5 Å². The number of likely N-dealkylation sites (tertiary alicyclic amines) is 1. The Morgan fingerprint density at radius 1 is 1.45 bits per heavy atom. The Hall–Kier alpha value is -1.10. The van der Waals surface area contributed by atoms with Gasteiger partial charge in [0.2, 0.25) is 0 Å². The van der Waals surface area contributed by atoms with Crippen LogP contribution in [-0.4, -0.2) is 44.4 Å². The molecule has 2 rings (SSSR count). The molecule has 0 saturated carbocycles. The Kier molecular flexibility index (Phi) is 5.83. The van der Waals surface area contributed by atoms with Crippen molar-refractivity contribution >= 4 is 0 Å². The van der Waals surface area contributed by atoms with Crippen molar-refractivity contribution in [3.8, 4) is 5.75 Å². The Morgan fingerprint density at radius 2 is 2.30 bits per heavy atom. The van der Waals surface area contributed by atoms with Crippen LogP contribution in [0.25, 0.3) is 0 Å². The summed E-state index contributed by atoms with van der Waals surface area (Å²) in [5.74, 6) is 0.920. The van der Waals surface area contributed by atoms with Crippen molar-refractivity contribution < 1.29 is 9.47 Å². The molecule has 0 bridgehead atoms. The predicted molar refractivity (Wildman–Crippen MR) is 81.0 cm³/mol. The molecular weight excluding hydrogens is 252 g/mol. The number of ether oxygens (including phenoxy) is 2. The summed E-state index contributed by atoms with van der Waals surface area (Å²) >= 11 is 0. The number of hydrogen-bond donors (Lipinski definition) is 1. The molecule has 4 heteroatoms. The van der Waals surface area contributed by atoms with E-state index >= 15 is 0 Å². The van der Waals surface area contributed by atoms with Crippen LogP contribution in [0.4, 0.5) is 0 Å². The second-order valence-corrected chi connectivity index (χ2v) is 5.25. The molecule has 0 radical (unpaired) electrons. The van der Waals surface area contributed by atoms with E-state index in [1.807, 2.05) is 19.1 Å². The van der Waals surface area contributed by atoms with E-state index < -0.39 is 0 Å². The van der Waals surface area contributed by atoms with Crippen LogP contribution >= 0.6 is 0 Å². The Balaban J connectivity index is 2.12. The molecule has 1 aromatic carbocycles. The van der Waals surface area contributed by atoms with Gasteiger partial charge in [-0.15, -0.1) is 0 Å². The highest BCUT2D eigenvalue weighted by Crippen LogP contribution is 2.27. The maximum absolute atomic E-state index is 6.02. The fourth-order valence-corrected chi connectivity index (χ4v) is 2.92. The summed E-state index contributed by atoms with van der Waals surface area (Å²) in [5, 5.41) is 0. The number of rotatable bonds is 6. The quantitative estimate of drug-likeness (QED) is 0.866. The summed E-state index contributed by atoms with van der Waals surface area (Å²) in [6.45, 7) is 5.34. The highest BCUT2D eigenvalue weighted by atomic mass is 16.5. The normalized spacial score (nSPS) is 21.6. The zero-order valence-corrected chi connectivity index (χ0v) is 12.5. The summed E-state index contributed by atoms with van der Waals surface area (Å²) < 4.78 is 11.1. The van der Waals surface area contributed by atoms with E-state index in [1.54, 1.807) is 7.11 Å². The third kappa shape index (κ3) is 3.72. The monoisotopic (exact) mass is 278 g/mol. The highest BCUT2D eigenvalue weighted by molar-refractivity contribution is 5.31. The third-order valence-electron chi connectivity index (χ3n) is 3.96. The first kappa shape index (κ1) is 15.3. The van der Waals surface area contributed by atoms with Gasteiger partial charge in [-0.2, -0.15) is 0 Å². The third-order valence-corrected chi connectivity index (χ3v) is 3.96. The van der Waals surface area contributed by atoms with Crippen molar-refractivity contribution in [1.82, 2.24) is 4.90 Å². The molecule has 1 saturated heterocycles. The summed E-state index contributed by atoms with van der Waals surface area (Å²) in [5.41, 5.74) is 7.25. The number of methoxy groups -OCH3 is 1. The van der Waals surface area contributed by atoms with Crippen molar-refractivity contribution in [3.63, 3.8) is 0 Å². The number of nitrogens with zero attached hydrogens (tertiary/aromatic N) is 1. The minimum atomic E-state index is 0.244. The average Bonchev–Trinajstić information content (AvgIpc) is 2.49. The molecule has 0 aromatic heterocycles. The maximum Gasteiger partial charge on any atom is 0.119 e. The van der Waals surface area contributed by atoms with E-state index in [9.17, 15) is 0 Å². The first-order chi connectivity index (χ1) is 9.78. The van der Waals surface area contributed by atoms with E-state index in [0.29, 0.717) is 19.3 Å². The lowest BCUT2D eigenvalue weighted by atomic mass is 10.0. The lowest BCUT2D eigenvalue weighted by molar-refractivity contribution is 0.0155. The van der Waals surface area contributed by atoms with Crippen LogP contribution in [0.2, 0.25) is 0 Å². The van der Waals surface area contributed by atoms with E-state index in [-0.39, 0.29) is 6.04 Å². The van der Waals surface area contributed by atoms with E-state index in [2.05, 4.69) is 17.0 Å². The molecule has 112 valence electrons. The summed E-state index contributed by atoms with van der Waals surface area (Å²) in [6, 6.07) is 8.52. The van der Waals surface area contributed by atoms with Crippen molar-refractivity contribution in [3.05, 3.63) is 29.8 Å². The SMILES string of the molecule is CCOc1cccc(C(CN)N2CCCC(OC)C2)c1. The molecule has 20 heavy (non-hydrogen) atoms. The largest absolute Gasteiger partial charge is 0.494 e. The van der Waals surface area contributed by atoms with Crippen molar-refractivity contribution in [2.24, 2.45) is 5.73 Å². The molecule has 1 aliphatic rings. The molecule has 0 aliphatic carbocycles. The highest BCUT2D eigenvalue weighted by Gasteiger charge is 2.26. The lowest BCUT2D eigenvalue weighted by Crippen LogP contribution is -2.43. The van der Waals surface area contributed by atoms with Gasteiger partial charge < -0.3 is 15.2 Å². The fourth-order valence-electron chi connectivity index (χ4n) is 2.92. The Morgan fingerprint density at radius 3 is 3.00 bits per heavy atom. The molecule has 1 heterocycles. The van der Waals surface area contributed by atoms with Crippen molar-refractivity contribution in [2.45, 2.75) is 31.9 Å². The smallest absolute Gasteiger partial charge is 0.119 e. The van der Waals surface area contributed by atoms with Gasteiger partial charge in [0.25, 0.3) is 0 Å². The molecule has 1 aliphatic heterocycles. The van der Waals surface area contributed by atoms with Gasteiger partial charge in [-0.05, 0) is 44.0 Å². The Bertz CT molecular complexity index is 411. The fraction of sp³-hybridized carbons (Fsp3) is 0.625. The van der Waals surface area contributed by atoms with Crippen LogP contribution in [0.15, 0.2) is 24.3 Å². The van der Waals surface area contributed by atoms with Gasteiger partial charge in [-0.25, -0.2) is 0 Å². The molecule has 4 nitrogen and oxygen atoms in total. The number of piperidine rings is 1. The second kappa shape index (κ2) is 7.62. The van der Waals surface area contributed by atoms with E-state index in [1.165, 1.54) is 12.0 Å².